The molecule has 1 aromatic rings. The zero-order chi connectivity index (χ0) is 14.5. The number of hydrogen-bond acceptors (Lipinski definition) is 6. The summed E-state index contributed by atoms with van der Waals surface area (Å²) in [7, 11) is 1.51. The number of methoxy groups -OCH3 is 1. The van der Waals surface area contributed by atoms with Crippen molar-refractivity contribution in [1.82, 2.24) is 0 Å². The van der Waals surface area contributed by atoms with Gasteiger partial charge in [0.05, 0.1) is 6.61 Å². The molecule has 0 fully saturated rings. The molecule has 0 spiro atoms. The van der Waals surface area contributed by atoms with Crippen LogP contribution < -0.4 is 5.73 Å². The maximum Gasteiger partial charge on any atom is 0.326 e. The summed E-state index contributed by atoms with van der Waals surface area (Å²) >= 11 is 0. The zero-order valence-electron chi connectivity index (χ0n) is 11.0. The first-order chi connectivity index (χ1) is 8.86. The largest absolute Gasteiger partial charge is 0.504 e. The molecule has 0 aromatic heterocycles. The number of rotatable bonds is 6. The molecule has 1 atom stereocenters. The van der Waals surface area contributed by atoms with Crippen molar-refractivity contribution in [3.63, 3.8) is 0 Å². The van der Waals surface area contributed by atoms with Crippen molar-refractivity contribution in [2.24, 2.45) is 5.73 Å². The highest BCUT2D eigenvalue weighted by Gasteiger charge is 2.30. The maximum atomic E-state index is 11.8. The second kappa shape index (κ2) is 6.40. The van der Waals surface area contributed by atoms with Gasteiger partial charge in [0.25, 0.3) is 0 Å². The molecule has 1 unspecified atom stereocenters. The van der Waals surface area contributed by atoms with Crippen LogP contribution in [0.3, 0.4) is 0 Å². The molecule has 1 aromatic carbocycles. The molecule has 0 aliphatic rings. The third kappa shape index (κ3) is 4.42. The average molecular weight is 269 g/mol. The minimum Gasteiger partial charge on any atom is -0.504 e. The lowest BCUT2D eigenvalue weighted by molar-refractivity contribution is -0.150. The van der Waals surface area contributed by atoms with E-state index in [4.69, 9.17) is 15.2 Å². The fraction of sp³-hybridized carbons (Fsp3) is 0.462. The van der Waals surface area contributed by atoms with Crippen molar-refractivity contribution in [3.8, 4) is 11.5 Å². The first-order valence-electron chi connectivity index (χ1n) is 5.82. The summed E-state index contributed by atoms with van der Waals surface area (Å²) in [5, 5.41) is 18.6. The average Bonchev–Trinajstić information content (AvgIpc) is 2.33. The van der Waals surface area contributed by atoms with Gasteiger partial charge in [-0.3, -0.25) is 4.79 Å². The van der Waals surface area contributed by atoms with E-state index in [-0.39, 0.29) is 24.5 Å². The lowest BCUT2D eigenvalue weighted by Gasteiger charge is -2.22. The van der Waals surface area contributed by atoms with Gasteiger partial charge in [-0.25, -0.2) is 0 Å². The summed E-state index contributed by atoms with van der Waals surface area (Å²) in [6.45, 7) is 2.00. The van der Waals surface area contributed by atoms with E-state index in [0.29, 0.717) is 12.2 Å². The molecule has 6 nitrogen and oxygen atoms in total. The van der Waals surface area contributed by atoms with Crippen LogP contribution in [0.1, 0.15) is 12.5 Å². The fourth-order valence-corrected chi connectivity index (χ4v) is 1.56. The number of carbonyl (C=O) groups is 1. The number of aromatic hydroxyl groups is 2. The molecule has 0 aliphatic heterocycles. The lowest BCUT2D eigenvalue weighted by Crippen LogP contribution is -2.48. The highest BCUT2D eigenvalue weighted by molar-refractivity contribution is 5.80. The first-order valence-corrected chi connectivity index (χ1v) is 5.82. The van der Waals surface area contributed by atoms with Crippen molar-refractivity contribution in [2.75, 3.05) is 20.3 Å². The van der Waals surface area contributed by atoms with Crippen LogP contribution in [0.4, 0.5) is 0 Å². The van der Waals surface area contributed by atoms with Crippen LogP contribution in [-0.4, -0.2) is 42.0 Å². The fourth-order valence-electron chi connectivity index (χ4n) is 1.56. The Balaban J connectivity index is 2.67. The van der Waals surface area contributed by atoms with Crippen LogP contribution in [-0.2, 0) is 20.7 Å². The van der Waals surface area contributed by atoms with E-state index < -0.39 is 11.5 Å². The Kier molecular flexibility index (Phi) is 5.14. The maximum absolute atomic E-state index is 11.8. The highest BCUT2D eigenvalue weighted by atomic mass is 16.6. The summed E-state index contributed by atoms with van der Waals surface area (Å²) in [6.07, 6.45) is 0.187. The first kappa shape index (κ1) is 15.3. The van der Waals surface area contributed by atoms with E-state index in [9.17, 15) is 15.0 Å². The minimum atomic E-state index is -1.21. The van der Waals surface area contributed by atoms with Gasteiger partial charge in [0.15, 0.2) is 11.5 Å². The summed E-state index contributed by atoms with van der Waals surface area (Å²) < 4.78 is 9.75. The molecule has 19 heavy (non-hydrogen) atoms. The smallest absolute Gasteiger partial charge is 0.326 e. The standard InChI is InChI=1S/C13H19NO5/c1-13(14,12(17)19-6-5-18-2)8-9-3-4-10(15)11(16)7-9/h3-4,7,15-16H,5-6,8,14H2,1-2H3. The molecule has 0 saturated carbocycles. The monoisotopic (exact) mass is 269 g/mol. The van der Waals surface area contributed by atoms with Crippen LogP contribution in [0.5, 0.6) is 11.5 Å². The molecule has 0 saturated heterocycles. The molecule has 0 amide bonds. The predicted octanol–water partition coefficient (Wildman–Crippen LogP) is 0.547. The van der Waals surface area contributed by atoms with Gasteiger partial charge in [0, 0.05) is 13.5 Å². The Bertz CT molecular complexity index is 445. The van der Waals surface area contributed by atoms with E-state index in [2.05, 4.69) is 0 Å². The third-order valence-electron chi connectivity index (χ3n) is 2.60. The van der Waals surface area contributed by atoms with Gasteiger partial charge < -0.3 is 25.4 Å². The lowest BCUT2D eigenvalue weighted by atomic mass is 9.94. The SMILES string of the molecule is COCCOC(=O)C(C)(N)Cc1ccc(O)c(O)c1. The number of benzene rings is 1. The van der Waals surface area contributed by atoms with Crippen molar-refractivity contribution in [2.45, 2.75) is 18.9 Å². The van der Waals surface area contributed by atoms with Crippen LogP contribution in [0.25, 0.3) is 0 Å². The number of ether oxygens (including phenoxy) is 2. The van der Waals surface area contributed by atoms with Crippen LogP contribution in [0.15, 0.2) is 18.2 Å². The summed E-state index contributed by atoms with van der Waals surface area (Å²) in [5.74, 6) is -1.01. The van der Waals surface area contributed by atoms with Gasteiger partial charge in [0.2, 0.25) is 0 Å². The number of hydrogen-bond donors (Lipinski definition) is 3. The number of phenolic OH excluding ortho intramolecular Hbond substituents is 2. The van der Waals surface area contributed by atoms with E-state index >= 15 is 0 Å². The van der Waals surface area contributed by atoms with Crippen LogP contribution in [0, 0.1) is 0 Å². The second-order valence-corrected chi connectivity index (χ2v) is 4.55. The van der Waals surface area contributed by atoms with E-state index in [1.807, 2.05) is 0 Å². The summed E-state index contributed by atoms with van der Waals surface area (Å²) in [4.78, 5) is 11.8. The van der Waals surface area contributed by atoms with Gasteiger partial charge in [-0.15, -0.1) is 0 Å². The predicted molar refractivity (Wildman–Crippen MR) is 68.9 cm³/mol. The topological polar surface area (TPSA) is 102 Å². The number of phenols is 2. The Morgan fingerprint density at radius 1 is 1.32 bits per heavy atom. The molecule has 1 rings (SSSR count). The molecule has 106 valence electrons. The number of nitrogens with two attached hydrogens (primary N) is 1. The Hall–Kier alpha value is -1.79. The minimum absolute atomic E-state index is 0.142. The number of esters is 1. The molecular weight excluding hydrogens is 250 g/mol. The summed E-state index contributed by atoms with van der Waals surface area (Å²) in [5.41, 5.74) is 5.32. The van der Waals surface area contributed by atoms with Crippen LogP contribution >= 0.6 is 0 Å². The normalized spacial score (nSPS) is 13.8. The van der Waals surface area contributed by atoms with Crippen LogP contribution in [0.2, 0.25) is 0 Å². The molecule has 0 radical (unpaired) electrons. The Morgan fingerprint density at radius 2 is 2.00 bits per heavy atom. The van der Waals surface area contributed by atoms with E-state index in [1.54, 1.807) is 13.0 Å². The quantitative estimate of drug-likeness (QED) is 0.396. The Morgan fingerprint density at radius 3 is 2.58 bits per heavy atom. The second-order valence-electron chi connectivity index (χ2n) is 4.55. The summed E-state index contributed by atoms with van der Waals surface area (Å²) in [6, 6.07) is 4.29. The van der Waals surface area contributed by atoms with Gasteiger partial charge in [-0.05, 0) is 24.6 Å². The number of carbonyl (C=O) groups excluding carboxylic acids is 1. The van der Waals surface area contributed by atoms with Crippen molar-refractivity contribution in [3.05, 3.63) is 23.8 Å². The van der Waals surface area contributed by atoms with Crippen molar-refractivity contribution >= 4 is 5.97 Å². The molecule has 0 bridgehead atoms. The van der Waals surface area contributed by atoms with Gasteiger partial charge in [0.1, 0.15) is 12.1 Å². The Labute approximate surface area is 111 Å². The van der Waals surface area contributed by atoms with Crippen molar-refractivity contribution in [1.29, 1.82) is 0 Å². The molecule has 0 heterocycles. The van der Waals surface area contributed by atoms with E-state index in [1.165, 1.54) is 19.2 Å². The molecule has 0 aliphatic carbocycles. The molecule has 4 N–H and O–H groups in total. The van der Waals surface area contributed by atoms with Crippen molar-refractivity contribution < 1.29 is 24.5 Å². The van der Waals surface area contributed by atoms with Gasteiger partial charge in [-0.1, -0.05) is 6.07 Å². The zero-order valence-corrected chi connectivity index (χ0v) is 11.0. The van der Waals surface area contributed by atoms with Gasteiger partial charge >= 0.3 is 5.97 Å². The molecule has 6 heteroatoms. The highest BCUT2D eigenvalue weighted by Crippen LogP contribution is 2.26. The van der Waals surface area contributed by atoms with Gasteiger partial charge in [-0.2, -0.15) is 0 Å². The third-order valence-corrected chi connectivity index (χ3v) is 2.60. The molecular formula is C13H19NO5. The van der Waals surface area contributed by atoms with E-state index in [0.717, 1.165) is 0 Å².